The van der Waals surface area contributed by atoms with Crippen molar-refractivity contribution in [2.75, 3.05) is 26.3 Å². The number of rotatable bonds is 4. The Hall–Kier alpha value is -1.39. The summed E-state index contributed by atoms with van der Waals surface area (Å²) in [6, 6.07) is 8.16. The normalized spacial score (nSPS) is 17.9. The number of carbonyl (C=O) groups excluding carboxylic acids is 1. The predicted octanol–water partition coefficient (Wildman–Crippen LogP) is 1.11. The smallest absolute Gasteiger partial charge is 0.248 e. The van der Waals surface area contributed by atoms with E-state index in [1.807, 2.05) is 0 Å². The van der Waals surface area contributed by atoms with Crippen molar-refractivity contribution in [3.05, 3.63) is 35.4 Å². The molecular formula is C14H20N2O2. The van der Waals surface area contributed by atoms with Gasteiger partial charge in [0.05, 0.1) is 6.61 Å². The second-order valence-corrected chi connectivity index (χ2v) is 4.59. The highest BCUT2D eigenvalue weighted by molar-refractivity contribution is 5.78. The Kier molecular flexibility index (Phi) is 4.33. The van der Waals surface area contributed by atoms with Crippen molar-refractivity contribution in [3.8, 4) is 0 Å². The van der Waals surface area contributed by atoms with Gasteiger partial charge in [0.1, 0.15) is 6.61 Å². The maximum Gasteiger partial charge on any atom is 0.248 e. The molecule has 2 rings (SSSR count). The molecule has 1 aliphatic heterocycles. The molecule has 2 N–H and O–H groups in total. The van der Waals surface area contributed by atoms with Crippen molar-refractivity contribution >= 4 is 5.91 Å². The lowest BCUT2D eigenvalue weighted by atomic mass is 10.0. The van der Waals surface area contributed by atoms with E-state index >= 15 is 0 Å². The Morgan fingerprint density at radius 2 is 2.11 bits per heavy atom. The van der Waals surface area contributed by atoms with Crippen LogP contribution in [0.3, 0.4) is 0 Å². The summed E-state index contributed by atoms with van der Waals surface area (Å²) in [6.07, 6.45) is 1.03. The number of nitrogens with two attached hydrogens (primary N) is 1. The van der Waals surface area contributed by atoms with Crippen molar-refractivity contribution in [3.63, 3.8) is 0 Å². The van der Waals surface area contributed by atoms with Gasteiger partial charge in [0.25, 0.3) is 0 Å². The van der Waals surface area contributed by atoms with Gasteiger partial charge >= 0.3 is 0 Å². The van der Waals surface area contributed by atoms with E-state index in [9.17, 15) is 4.79 Å². The molecule has 0 saturated carbocycles. The molecule has 1 atom stereocenters. The van der Waals surface area contributed by atoms with Gasteiger partial charge < -0.3 is 15.4 Å². The Morgan fingerprint density at radius 1 is 1.39 bits per heavy atom. The average molecular weight is 248 g/mol. The summed E-state index contributed by atoms with van der Waals surface area (Å²) in [5, 5.41) is 0. The van der Waals surface area contributed by atoms with Crippen LogP contribution in [0, 0.1) is 0 Å². The number of ether oxygens (including phenoxy) is 1. The second kappa shape index (κ2) is 5.98. The topological polar surface area (TPSA) is 55.6 Å². The highest BCUT2D eigenvalue weighted by Crippen LogP contribution is 2.14. The van der Waals surface area contributed by atoms with Crippen LogP contribution in [0.5, 0.6) is 0 Å². The Balaban J connectivity index is 1.97. The fourth-order valence-corrected chi connectivity index (χ4v) is 2.09. The molecular weight excluding hydrogens is 228 g/mol. The first-order chi connectivity index (χ1) is 8.70. The number of aryl methyl sites for hydroxylation is 1. The third-order valence-electron chi connectivity index (χ3n) is 3.32. The van der Waals surface area contributed by atoms with Gasteiger partial charge in [-0.3, -0.25) is 4.79 Å². The van der Waals surface area contributed by atoms with Crippen LogP contribution in [-0.4, -0.2) is 37.1 Å². The molecule has 1 saturated heterocycles. The molecule has 1 heterocycles. The van der Waals surface area contributed by atoms with Crippen LogP contribution in [0.25, 0.3) is 0 Å². The van der Waals surface area contributed by atoms with Gasteiger partial charge in [-0.1, -0.05) is 31.2 Å². The molecule has 1 fully saturated rings. The van der Waals surface area contributed by atoms with Crippen molar-refractivity contribution in [2.45, 2.75) is 19.4 Å². The van der Waals surface area contributed by atoms with E-state index in [-0.39, 0.29) is 18.6 Å². The number of amides is 1. The highest BCUT2D eigenvalue weighted by atomic mass is 16.5. The molecule has 18 heavy (non-hydrogen) atoms. The zero-order valence-electron chi connectivity index (χ0n) is 10.8. The molecule has 1 aromatic rings. The zero-order chi connectivity index (χ0) is 13.0. The fraction of sp³-hybridized carbons (Fsp3) is 0.500. The summed E-state index contributed by atoms with van der Waals surface area (Å²) in [6.45, 7) is 4.11. The van der Waals surface area contributed by atoms with Crippen LogP contribution in [0.2, 0.25) is 0 Å². The van der Waals surface area contributed by atoms with E-state index in [1.54, 1.807) is 4.90 Å². The number of morpholine rings is 1. The van der Waals surface area contributed by atoms with Crippen molar-refractivity contribution in [1.82, 2.24) is 4.90 Å². The van der Waals surface area contributed by atoms with E-state index in [1.165, 1.54) is 5.56 Å². The SMILES string of the molecule is CCc1ccc(C(N)CN2CCOCC2=O)cc1. The van der Waals surface area contributed by atoms with E-state index in [2.05, 4.69) is 31.2 Å². The highest BCUT2D eigenvalue weighted by Gasteiger charge is 2.21. The minimum Gasteiger partial charge on any atom is -0.370 e. The number of benzene rings is 1. The van der Waals surface area contributed by atoms with E-state index in [0.717, 1.165) is 12.0 Å². The van der Waals surface area contributed by atoms with Crippen molar-refractivity contribution < 1.29 is 9.53 Å². The van der Waals surface area contributed by atoms with Crippen LogP contribution in [0.1, 0.15) is 24.1 Å². The number of hydrogen-bond donors (Lipinski definition) is 1. The Bertz CT molecular complexity index is 403. The average Bonchev–Trinajstić information content (AvgIpc) is 2.41. The summed E-state index contributed by atoms with van der Waals surface area (Å²) in [5.41, 5.74) is 8.52. The quantitative estimate of drug-likeness (QED) is 0.868. The summed E-state index contributed by atoms with van der Waals surface area (Å²) >= 11 is 0. The monoisotopic (exact) mass is 248 g/mol. The Morgan fingerprint density at radius 3 is 2.72 bits per heavy atom. The third kappa shape index (κ3) is 3.09. The molecule has 0 radical (unpaired) electrons. The van der Waals surface area contributed by atoms with Gasteiger partial charge in [0.15, 0.2) is 0 Å². The molecule has 0 spiro atoms. The molecule has 1 aliphatic rings. The summed E-state index contributed by atoms with van der Waals surface area (Å²) in [7, 11) is 0. The minimum absolute atomic E-state index is 0.0295. The molecule has 4 heteroatoms. The third-order valence-corrected chi connectivity index (χ3v) is 3.32. The van der Waals surface area contributed by atoms with Crippen LogP contribution in [0.4, 0.5) is 0 Å². The van der Waals surface area contributed by atoms with Crippen molar-refractivity contribution in [2.24, 2.45) is 5.73 Å². The van der Waals surface area contributed by atoms with E-state index in [0.29, 0.717) is 19.7 Å². The lowest BCUT2D eigenvalue weighted by Gasteiger charge is -2.29. The van der Waals surface area contributed by atoms with Gasteiger partial charge in [0, 0.05) is 19.1 Å². The van der Waals surface area contributed by atoms with Gasteiger partial charge in [-0.15, -0.1) is 0 Å². The molecule has 0 aromatic heterocycles. The molecule has 1 unspecified atom stereocenters. The molecule has 98 valence electrons. The number of carbonyl (C=O) groups is 1. The molecule has 1 aromatic carbocycles. The van der Waals surface area contributed by atoms with Crippen LogP contribution < -0.4 is 5.73 Å². The first-order valence-corrected chi connectivity index (χ1v) is 6.40. The molecule has 1 amide bonds. The van der Waals surface area contributed by atoms with Gasteiger partial charge in [-0.05, 0) is 17.5 Å². The molecule has 0 aliphatic carbocycles. The maximum absolute atomic E-state index is 11.6. The van der Waals surface area contributed by atoms with Crippen LogP contribution in [0.15, 0.2) is 24.3 Å². The lowest BCUT2D eigenvalue weighted by Crippen LogP contribution is -2.44. The summed E-state index contributed by atoms with van der Waals surface area (Å²) in [4.78, 5) is 13.4. The van der Waals surface area contributed by atoms with Crippen LogP contribution >= 0.6 is 0 Å². The first-order valence-electron chi connectivity index (χ1n) is 6.40. The second-order valence-electron chi connectivity index (χ2n) is 4.59. The first kappa shape index (κ1) is 13.1. The standard InChI is InChI=1S/C14H20N2O2/c1-2-11-3-5-12(6-4-11)13(15)9-16-7-8-18-10-14(16)17/h3-6,13H,2,7-10,15H2,1H3. The summed E-state index contributed by atoms with van der Waals surface area (Å²) in [5.74, 6) is 0.0295. The number of hydrogen-bond acceptors (Lipinski definition) is 3. The van der Waals surface area contributed by atoms with Gasteiger partial charge in [-0.2, -0.15) is 0 Å². The zero-order valence-corrected chi connectivity index (χ0v) is 10.8. The largest absolute Gasteiger partial charge is 0.370 e. The summed E-state index contributed by atoms with van der Waals surface area (Å²) < 4.78 is 5.10. The van der Waals surface area contributed by atoms with Crippen molar-refractivity contribution in [1.29, 1.82) is 0 Å². The number of nitrogens with zero attached hydrogens (tertiary/aromatic N) is 1. The predicted molar refractivity (Wildman–Crippen MR) is 70.1 cm³/mol. The maximum atomic E-state index is 11.6. The van der Waals surface area contributed by atoms with E-state index in [4.69, 9.17) is 10.5 Å². The molecule has 0 bridgehead atoms. The van der Waals surface area contributed by atoms with Crippen LogP contribution in [-0.2, 0) is 16.0 Å². The Labute approximate surface area is 108 Å². The van der Waals surface area contributed by atoms with Gasteiger partial charge in [-0.25, -0.2) is 0 Å². The lowest BCUT2D eigenvalue weighted by molar-refractivity contribution is -0.142. The fourth-order valence-electron chi connectivity index (χ4n) is 2.09. The van der Waals surface area contributed by atoms with E-state index < -0.39 is 0 Å². The molecule has 4 nitrogen and oxygen atoms in total. The minimum atomic E-state index is -0.127. The van der Waals surface area contributed by atoms with Gasteiger partial charge in [0.2, 0.25) is 5.91 Å².